The van der Waals surface area contributed by atoms with Crippen molar-refractivity contribution in [3.05, 3.63) is 63.7 Å². The molecule has 0 saturated carbocycles. The third-order valence-electron chi connectivity index (χ3n) is 6.03. The average molecular weight is 481 g/mol. The van der Waals surface area contributed by atoms with Crippen LogP contribution in [0, 0.1) is 10.1 Å². The topological polar surface area (TPSA) is 81.8 Å². The minimum Gasteiger partial charge on any atom is -1.00 e. The first-order chi connectivity index (χ1) is 15.0. The molecule has 8 heteroatoms. The lowest BCUT2D eigenvalue weighted by Gasteiger charge is -2.38. The molecule has 1 atom stereocenters. The monoisotopic (exact) mass is 480 g/mol. The van der Waals surface area contributed by atoms with Gasteiger partial charge in [0.15, 0.2) is 0 Å². The van der Waals surface area contributed by atoms with Crippen LogP contribution in [0.1, 0.15) is 45.7 Å². The maximum absolute atomic E-state index is 10.9. The van der Waals surface area contributed by atoms with Crippen LogP contribution in [-0.2, 0) is 12.0 Å². The Hall–Kier alpha value is -2.35. The van der Waals surface area contributed by atoms with Crippen LogP contribution in [-0.4, -0.2) is 54.0 Å². The molecule has 0 amide bonds. The Morgan fingerprint density at radius 2 is 1.70 bits per heavy atom. The van der Waals surface area contributed by atoms with Crippen molar-refractivity contribution in [3.63, 3.8) is 0 Å². The number of likely N-dealkylation sites (N-methyl/N-ethyl adjacent to an activating group) is 1. The number of hydrogen-bond acceptors (Lipinski definition) is 5. The molecule has 7 nitrogen and oxygen atoms in total. The summed E-state index contributed by atoms with van der Waals surface area (Å²) in [4.78, 5) is 10.5. The van der Waals surface area contributed by atoms with E-state index in [2.05, 4.69) is 34.6 Å². The van der Waals surface area contributed by atoms with E-state index >= 15 is 0 Å². The number of nitro groups is 1. The quantitative estimate of drug-likeness (QED) is 0.301. The summed E-state index contributed by atoms with van der Waals surface area (Å²) in [6.07, 6.45) is -0.650. The minimum absolute atomic E-state index is 0. The molecule has 2 aromatic rings. The molecule has 2 rings (SSSR count). The fourth-order valence-corrected chi connectivity index (χ4v) is 3.91. The van der Waals surface area contributed by atoms with Crippen LogP contribution >= 0.6 is 0 Å². The molecule has 33 heavy (non-hydrogen) atoms. The number of aliphatic hydroxyl groups is 1. The zero-order valence-corrected chi connectivity index (χ0v) is 21.3. The van der Waals surface area contributed by atoms with E-state index in [4.69, 9.17) is 9.47 Å². The van der Waals surface area contributed by atoms with Gasteiger partial charge >= 0.3 is 0 Å². The normalized spacial score (nSPS) is 12.6. The second-order valence-corrected chi connectivity index (χ2v) is 9.32. The first kappa shape index (κ1) is 28.7. The Morgan fingerprint density at radius 3 is 2.18 bits per heavy atom. The van der Waals surface area contributed by atoms with Crippen LogP contribution in [0.15, 0.2) is 42.5 Å². The average Bonchev–Trinajstić information content (AvgIpc) is 2.76. The summed E-state index contributed by atoms with van der Waals surface area (Å²) in [5, 5.41) is 21.8. The lowest BCUT2D eigenvalue weighted by molar-refractivity contribution is -0.940. The molecular formula is C25H37ClN2O5. The summed E-state index contributed by atoms with van der Waals surface area (Å²) >= 11 is 0. The number of aliphatic hydroxyl groups excluding tert-OH is 1. The van der Waals surface area contributed by atoms with Gasteiger partial charge in [-0.2, -0.15) is 0 Å². The van der Waals surface area contributed by atoms with Crippen molar-refractivity contribution in [3.8, 4) is 11.5 Å². The highest BCUT2D eigenvalue weighted by molar-refractivity contribution is 5.44. The van der Waals surface area contributed by atoms with Crippen LogP contribution in [0.25, 0.3) is 0 Å². The van der Waals surface area contributed by atoms with Gasteiger partial charge in [-0.05, 0) is 49.6 Å². The maximum atomic E-state index is 10.9. The molecule has 0 aromatic heterocycles. The van der Waals surface area contributed by atoms with Gasteiger partial charge in [0.2, 0.25) is 0 Å². The van der Waals surface area contributed by atoms with Crippen LogP contribution in [0.2, 0.25) is 0 Å². The molecule has 1 unspecified atom stereocenters. The molecule has 0 bridgehead atoms. The van der Waals surface area contributed by atoms with Crippen molar-refractivity contribution in [2.24, 2.45) is 0 Å². The highest BCUT2D eigenvalue weighted by Crippen LogP contribution is 2.34. The molecule has 0 fully saturated rings. The third-order valence-corrected chi connectivity index (χ3v) is 6.03. The molecule has 1 N–H and O–H groups in total. The lowest BCUT2D eigenvalue weighted by atomic mass is 9.86. The summed E-state index contributed by atoms with van der Waals surface area (Å²) in [5.41, 5.74) is 2.00. The predicted molar refractivity (Wildman–Crippen MR) is 126 cm³/mol. The molecule has 0 radical (unpaired) electrons. The lowest BCUT2D eigenvalue weighted by Crippen LogP contribution is -3.00. The number of hydrogen-bond donors (Lipinski definition) is 1. The molecule has 0 saturated heterocycles. The van der Waals surface area contributed by atoms with E-state index in [1.54, 1.807) is 19.2 Å². The SMILES string of the molecule is CC[N+](CC)(Cc1ccc([N+](=O)[O-])cc1)CC(O)COc1ccc(OC)cc1C(C)(C)C.[Cl-]. The van der Waals surface area contributed by atoms with Gasteiger partial charge in [0.25, 0.3) is 5.69 Å². The highest BCUT2D eigenvalue weighted by atomic mass is 35.5. The Labute approximate surface area is 203 Å². The Bertz CT molecular complexity index is 893. The number of halogens is 1. The molecule has 0 aliphatic rings. The van der Waals surface area contributed by atoms with Crippen molar-refractivity contribution >= 4 is 5.69 Å². The van der Waals surface area contributed by atoms with Crippen LogP contribution in [0.3, 0.4) is 0 Å². The van der Waals surface area contributed by atoms with Gasteiger partial charge in [0, 0.05) is 23.3 Å². The zero-order chi connectivity index (χ0) is 23.9. The van der Waals surface area contributed by atoms with E-state index in [1.165, 1.54) is 12.1 Å². The van der Waals surface area contributed by atoms with E-state index in [0.717, 1.165) is 35.7 Å². The fraction of sp³-hybridized carbons (Fsp3) is 0.520. The van der Waals surface area contributed by atoms with E-state index in [9.17, 15) is 15.2 Å². The van der Waals surface area contributed by atoms with Gasteiger partial charge in [-0.1, -0.05) is 20.8 Å². The zero-order valence-electron chi connectivity index (χ0n) is 20.5. The number of benzene rings is 2. The second-order valence-electron chi connectivity index (χ2n) is 9.32. The summed E-state index contributed by atoms with van der Waals surface area (Å²) in [5.74, 6) is 1.53. The second kappa shape index (κ2) is 12.2. The predicted octanol–water partition coefficient (Wildman–Crippen LogP) is 1.70. The minimum atomic E-state index is -0.650. The molecule has 0 spiro atoms. The van der Waals surface area contributed by atoms with E-state index in [0.29, 0.717) is 17.6 Å². The first-order valence-corrected chi connectivity index (χ1v) is 11.1. The van der Waals surface area contributed by atoms with Crippen molar-refractivity contribution in [2.45, 2.75) is 52.7 Å². The summed E-state index contributed by atoms with van der Waals surface area (Å²) in [6.45, 7) is 13.6. The van der Waals surface area contributed by atoms with E-state index in [-0.39, 0.29) is 30.1 Å². The molecule has 184 valence electrons. The van der Waals surface area contributed by atoms with Crippen molar-refractivity contribution in [1.29, 1.82) is 0 Å². The molecule has 0 aliphatic heterocycles. The number of rotatable bonds is 11. The number of quaternary nitrogens is 1. The highest BCUT2D eigenvalue weighted by Gasteiger charge is 2.29. The summed E-state index contributed by atoms with van der Waals surface area (Å²) in [6, 6.07) is 12.4. The Balaban J connectivity index is 0.00000544. The molecule has 2 aromatic carbocycles. The molecule has 0 aliphatic carbocycles. The number of methoxy groups -OCH3 is 1. The number of non-ortho nitro benzene ring substituents is 1. The van der Waals surface area contributed by atoms with Crippen LogP contribution < -0.4 is 21.9 Å². The Kier molecular flexibility index (Phi) is 10.6. The van der Waals surface area contributed by atoms with E-state index in [1.807, 2.05) is 18.2 Å². The van der Waals surface area contributed by atoms with Crippen molar-refractivity contribution < 1.29 is 36.4 Å². The van der Waals surface area contributed by atoms with Crippen LogP contribution in [0.4, 0.5) is 5.69 Å². The number of nitro benzene ring substituents is 1. The van der Waals surface area contributed by atoms with Gasteiger partial charge in [-0.15, -0.1) is 0 Å². The Morgan fingerprint density at radius 1 is 1.09 bits per heavy atom. The van der Waals surface area contributed by atoms with E-state index < -0.39 is 11.0 Å². The molecule has 0 heterocycles. The number of ether oxygens (including phenoxy) is 2. The maximum Gasteiger partial charge on any atom is 0.269 e. The van der Waals surface area contributed by atoms with Crippen LogP contribution in [0.5, 0.6) is 11.5 Å². The third kappa shape index (κ3) is 7.88. The molecular weight excluding hydrogens is 444 g/mol. The van der Waals surface area contributed by atoms with Crippen molar-refractivity contribution in [2.75, 3.05) is 33.4 Å². The number of nitrogens with zero attached hydrogens (tertiary/aromatic N) is 2. The van der Waals surface area contributed by atoms with Gasteiger partial charge in [0.05, 0.1) is 25.1 Å². The summed E-state index contributed by atoms with van der Waals surface area (Å²) < 4.78 is 12.1. The van der Waals surface area contributed by atoms with Gasteiger partial charge < -0.3 is 31.5 Å². The first-order valence-electron chi connectivity index (χ1n) is 11.1. The van der Waals surface area contributed by atoms with Gasteiger partial charge in [0.1, 0.15) is 37.3 Å². The fourth-order valence-electron chi connectivity index (χ4n) is 3.91. The summed E-state index contributed by atoms with van der Waals surface area (Å²) in [7, 11) is 1.64. The standard InChI is InChI=1S/C25H37N2O5.ClH/c1-7-27(8-2,16-19-9-11-20(12-10-19)26(29)30)17-21(28)18-32-24-14-13-22(31-6)15-23(24)25(3,4)5;/h9-15,21,28H,7-8,16-18H2,1-6H3;1H/q+1;/p-1. The van der Waals surface area contributed by atoms with Gasteiger partial charge in [-0.3, -0.25) is 10.1 Å². The largest absolute Gasteiger partial charge is 1.00 e. The van der Waals surface area contributed by atoms with Gasteiger partial charge in [-0.25, -0.2) is 0 Å². The van der Waals surface area contributed by atoms with Crippen molar-refractivity contribution in [1.82, 2.24) is 0 Å². The smallest absolute Gasteiger partial charge is 0.269 e.